The van der Waals surface area contributed by atoms with Gasteiger partial charge in [-0.3, -0.25) is 14.7 Å². The van der Waals surface area contributed by atoms with Crippen molar-refractivity contribution in [2.45, 2.75) is 39.7 Å². The number of hydrogen-bond acceptors (Lipinski definition) is 5. The molecule has 0 radical (unpaired) electrons. The van der Waals surface area contributed by atoms with E-state index in [1.54, 1.807) is 0 Å². The van der Waals surface area contributed by atoms with Gasteiger partial charge in [-0.25, -0.2) is 0 Å². The maximum absolute atomic E-state index is 12.0. The fourth-order valence-corrected chi connectivity index (χ4v) is 4.46. The third-order valence-electron chi connectivity index (χ3n) is 6.20. The lowest BCUT2D eigenvalue weighted by Crippen LogP contribution is -2.53. The summed E-state index contributed by atoms with van der Waals surface area (Å²) < 4.78 is 10.5. The number of likely N-dealkylation sites (tertiary alicyclic amines) is 1. The molecule has 3 atom stereocenters. The Kier molecular flexibility index (Phi) is 11.7. The van der Waals surface area contributed by atoms with Crippen LogP contribution < -0.4 is 5.32 Å². The maximum Gasteiger partial charge on any atom is 0.310 e. The first-order valence-corrected chi connectivity index (χ1v) is 10.4. The van der Waals surface area contributed by atoms with Crippen molar-refractivity contribution in [1.82, 2.24) is 15.1 Å². The van der Waals surface area contributed by atoms with E-state index in [1.165, 1.54) is 20.0 Å². The highest BCUT2D eigenvalue weighted by atomic mass is 127. The average molecular weight is 510 g/mol. The molecule has 0 aromatic heterocycles. The van der Waals surface area contributed by atoms with Crippen molar-refractivity contribution in [3.63, 3.8) is 0 Å². The molecule has 2 saturated heterocycles. The zero-order chi connectivity index (χ0) is 19.8. The van der Waals surface area contributed by atoms with Gasteiger partial charge in [0, 0.05) is 45.8 Å². The van der Waals surface area contributed by atoms with Gasteiger partial charge in [0.15, 0.2) is 5.96 Å². The maximum atomic E-state index is 12.0. The lowest BCUT2D eigenvalue weighted by molar-refractivity contribution is -0.145. The smallest absolute Gasteiger partial charge is 0.310 e. The summed E-state index contributed by atoms with van der Waals surface area (Å²) in [5.41, 5.74) is 0. The van der Waals surface area contributed by atoms with Crippen molar-refractivity contribution in [3.8, 4) is 0 Å². The van der Waals surface area contributed by atoms with E-state index in [0.29, 0.717) is 18.5 Å². The second-order valence-corrected chi connectivity index (χ2v) is 7.73. The van der Waals surface area contributed by atoms with Crippen LogP contribution in [0, 0.1) is 17.8 Å². The number of ether oxygens (including phenoxy) is 2. The first-order valence-electron chi connectivity index (χ1n) is 10.4. The van der Waals surface area contributed by atoms with Crippen LogP contribution >= 0.6 is 24.0 Å². The number of nitrogens with zero attached hydrogens (tertiary/aromatic N) is 3. The minimum absolute atomic E-state index is 0. The van der Waals surface area contributed by atoms with Gasteiger partial charge >= 0.3 is 5.97 Å². The number of rotatable bonds is 7. The van der Waals surface area contributed by atoms with Crippen molar-refractivity contribution in [3.05, 3.63) is 0 Å². The van der Waals surface area contributed by atoms with Crippen LogP contribution in [0.1, 0.15) is 33.6 Å². The molecular weight excluding hydrogens is 471 g/mol. The van der Waals surface area contributed by atoms with Crippen LogP contribution in [0.15, 0.2) is 4.99 Å². The molecule has 2 rings (SSSR count). The van der Waals surface area contributed by atoms with E-state index in [2.05, 4.69) is 40.9 Å². The number of aliphatic imine (C=N–C) groups is 1. The number of nitrogens with one attached hydrogen (secondary N) is 1. The molecule has 1 N–H and O–H groups in total. The average Bonchev–Trinajstić information content (AvgIpc) is 3.09. The van der Waals surface area contributed by atoms with Crippen LogP contribution in [0.2, 0.25) is 0 Å². The normalized spacial score (nSPS) is 24.8. The second-order valence-electron chi connectivity index (χ2n) is 7.73. The molecular formula is C20H39IN4O3. The van der Waals surface area contributed by atoms with Crippen molar-refractivity contribution in [2.24, 2.45) is 22.7 Å². The van der Waals surface area contributed by atoms with Crippen molar-refractivity contribution in [2.75, 3.05) is 60.1 Å². The monoisotopic (exact) mass is 510 g/mol. The first kappa shape index (κ1) is 25.4. The Morgan fingerprint density at radius 2 is 1.89 bits per heavy atom. The largest absolute Gasteiger partial charge is 0.469 e. The van der Waals surface area contributed by atoms with Gasteiger partial charge in [0.05, 0.1) is 26.2 Å². The van der Waals surface area contributed by atoms with Crippen LogP contribution in [0.5, 0.6) is 0 Å². The summed E-state index contributed by atoms with van der Waals surface area (Å²) in [6, 6.07) is 0.470. The van der Waals surface area contributed by atoms with E-state index in [-0.39, 0.29) is 41.8 Å². The predicted molar refractivity (Wildman–Crippen MR) is 123 cm³/mol. The van der Waals surface area contributed by atoms with Crippen LogP contribution in [-0.2, 0) is 14.3 Å². The quantitative estimate of drug-likeness (QED) is 0.245. The highest BCUT2D eigenvalue weighted by Gasteiger charge is 2.37. The van der Waals surface area contributed by atoms with Crippen LogP contribution in [0.4, 0.5) is 0 Å². The fraction of sp³-hybridized carbons (Fsp3) is 0.900. The third kappa shape index (κ3) is 6.45. The Morgan fingerprint density at radius 3 is 2.43 bits per heavy atom. The molecule has 0 spiro atoms. The zero-order valence-corrected chi connectivity index (χ0v) is 20.5. The van der Waals surface area contributed by atoms with E-state index < -0.39 is 0 Å². The number of esters is 1. The van der Waals surface area contributed by atoms with Gasteiger partial charge in [0.2, 0.25) is 0 Å². The minimum atomic E-state index is -0.122. The van der Waals surface area contributed by atoms with Crippen molar-refractivity contribution in [1.29, 1.82) is 0 Å². The van der Waals surface area contributed by atoms with Crippen LogP contribution in [-0.4, -0.2) is 87.9 Å². The van der Waals surface area contributed by atoms with E-state index in [0.717, 1.165) is 45.4 Å². The molecule has 28 heavy (non-hydrogen) atoms. The highest BCUT2D eigenvalue weighted by molar-refractivity contribution is 14.0. The van der Waals surface area contributed by atoms with E-state index in [1.807, 2.05) is 7.05 Å². The Bertz CT molecular complexity index is 496. The Morgan fingerprint density at radius 1 is 1.25 bits per heavy atom. The van der Waals surface area contributed by atoms with E-state index >= 15 is 0 Å². The third-order valence-corrected chi connectivity index (χ3v) is 6.20. The van der Waals surface area contributed by atoms with Gasteiger partial charge in [-0.05, 0) is 11.8 Å². The van der Waals surface area contributed by atoms with Crippen molar-refractivity contribution >= 4 is 35.9 Å². The Balaban J connectivity index is 0.00000392. The zero-order valence-electron chi connectivity index (χ0n) is 18.1. The standard InChI is InChI=1S/C20H38N4O3.HI/c1-6-16(7-2)18(23-8-10-27-11-9-23)12-22-20(21-4)24-13-15(3)17(14-24)19(25)26-5;/h15-18H,6-14H2,1-5H3,(H,21,22);1H. The van der Waals surface area contributed by atoms with Gasteiger partial charge in [0.25, 0.3) is 0 Å². The van der Waals surface area contributed by atoms with Crippen molar-refractivity contribution < 1.29 is 14.3 Å². The van der Waals surface area contributed by atoms with Gasteiger partial charge < -0.3 is 19.7 Å². The molecule has 164 valence electrons. The summed E-state index contributed by atoms with van der Waals surface area (Å²) in [5, 5.41) is 3.60. The lowest BCUT2D eigenvalue weighted by atomic mass is 9.92. The van der Waals surface area contributed by atoms with Crippen LogP contribution in [0.3, 0.4) is 0 Å². The van der Waals surface area contributed by atoms with Gasteiger partial charge in [0.1, 0.15) is 0 Å². The minimum Gasteiger partial charge on any atom is -0.469 e. The van der Waals surface area contributed by atoms with Gasteiger partial charge in [-0.2, -0.15) is 0 Å². The number of methoxy groups -OCH3 is 1. The molecule has 3 unspecified atom stereocenters. The Labute approximate surface area is 187 Å². The molecule has 2 aliphatic rings. The molecule has 2 fully saturated rings. The molecule has 7 nitrogen and oxygen atoms in total. The number of carbonyl (C=O) groups is 1. The second kappa shape index (κ2) is 12.8. The predicted octanol–water partition coefficient (Wildman–Crippen LogP) is 2.06. The molecule has 8 heteroatoms. The van der Waals surface area contributed by atoms with Gasteiger partial charge in [-0.15, -0.1) is 24.0 Å². The molecule has 0 aromatic carbocycles. The fourth-order valence-electron chi connectivity index (χ4n) is 4.46. The number of morpholine rings is 1. The summed E-state index contributed by atoms with van der Waals surface area (Å²) >= 11 is 0. The molecule has 2 aliphatic heterocycles. The molecule has 0 saturated carbocycles. The number of carbonyl (C=O) groups excluding carboxylic acids is 1. The molecule has 0 amide bonds. The molecule has 0 aromatic rings. The summed E-state index contributed by atoms with van der Waals surface area (Å²) in [6.45, 7) is 12.6. The van der Waals surface area contributed by atoms with E-state index in [9.17, 15) is 4.79 Å². The lowest BCUT2D eigenvalue weighted by Gasteiger charge is -2.39. The summed E-state index contributed by atoms with van der Waals surface area (Å²) in [4.78, 5) is 21.2. The SMILES string of the molecule is CCC(CC)C(CNC(=NC)N1CC(C)C(C(=O)OC)C1)N1CCOCC1.I. The number of guanidine groups is 1. The Hall–Kier alpha value is -0.610. The molecule has 2 heterocycles. The summed E-state index contributed by atoms with van der Waals surface area (Å²) in [5.74, 6) is 1.60. The summed E-state index contributed by atoms with van der Waals surface area (Å²) in [6.07, 6.45) is 2.34. The topological polar surface area (TPSA) is 66.4 Å². The number of halogens is 1. The van der Waals surface area contributed by atoms with Crippen LogP contribution in [0.25, 0.3) is 0 Å². The highest BCUT2D eigenvalue weighted by Crippen LogP contribution is 2.24. The number of hydrogen-bond donors (Lipinski definition) is 1. The molecule has 0 bridgehead atoms. The summed E-state index contributed by atoms with van der Waals surface area (Å²) in [7, 11) is 3.28. The van der Waals surface area contributed by atoms with E-state index in [4.69, 9.17) is 9.47 Å². The molecule has 0 aliphatic carbocycles. The van der Waals surface area contributed by atoms with Gasteiger partial charge in [-0.1, -0.05) is 33.6 Å². The first-order chi connectivity index (χ1) is 13.0.